The zero-order valence-corrected chi connectivity index (χ0v) is 18.7. The van der Waals surface area contributed by atoms with E-state index in [2.05, 4.69) is 22.0 Å². The summed E-state index contributed by atoms with van der Waals surface area (Å²) in [6.07, 6.45) is 2.07. The summed E-state index contributed by atoms with van der Waals surface area (Å²) in [5.74, 6) is -0.463. The average molecular weight is 454 g/mol. The molecule has 0 unspecified atom stereocenters. The lowest BCUT2D eigenvalue weighted by molar-refractivity contribution is -0.144. The van der Waals surface area contributed by atoms with Crippen LogP contribution in [0.15, 0.2) is 39.9 Å². The molecule has 1 aromatic carbocycles. The Morgan fingerprint density at radius 3 is 2.81 bits per heavy atom. The van der Waals surface area contributed by atoms with Gasteiger partial charge in [0.15, 0.2) is 5.01 Å². The van der Waals surface area contributed by atoms with Crippen molar-refractivity contribution in [1.29, 1.82) is 0 Å². The number of unbranched alkanes of at least 4 members (excludes halogenated alkanes) is 1. The zero-order valence-electron chi connectivity index (χ0n) is 17.9. The Hall–Kier alpha value is -3.40. The van der Waals surface area contributed by atoms with Gasteiger partial charge in [0.05, 0.1) is 17.5 Å². The minimum atomic E-state index is -0.463. The molecule has 0 radical (unpaired) electrons. The Morgan fingerprint density at radius 1 is 1.19 bits per heavy atom. The standard InChI is InChI=1S/C22H23N5O4S/c1-3-4-11-26-17-8-6-5-7-15(17)24-16(21(26)30)9-10-20(29)31-13-18-25-27-19(28)12-14(2)23-22(27)32-18/h5-8,12H,3-4,9-11,13H2,1-2H3. The molecule has 0 aliphatic rings. The quantitative estimate of drug-likeness (QED) is 0.377. The van der Waals surface area contributed by atoms with Gasteiger partial charge in [0.2, 0.25) is 4.96 Å². The summed E-state index contributed by atoms with van der Waals surface area (Å²) in [6, 6.07) is 8.91. The highest BCUT2D eigenvalue weighted by atomic mass is 32.1. The van der Waals surface area contributed by atoms with Gasteiger partial charge in [-0.05, 0) is 25.5 Å². The minimum absolute atomic E-state index is 0.0244. The molecule has 3 aromatic heterocycles. The monoisotopic (exact) mass is 453 g/mol. The fraction of sp³-hybridized carbons (Fsp3) is 0.364. The molecule has 0 saturated carbocycles. The van der Waals surface area contributed by atoms with Crippen molar-refractivity contribution in [3.8, 4) is 0 Å². The predicted molar refractivity (Wildman–Crippen MR) is 121 cm³/mol. The predicted octanol–water partition coefficient (Wildman–Crippen LogP) is 2.65. The third-order valence-corrected chi connectivity index (χ3v) is 5.87. The fourth-order valence-electron chi connectivity index (χ4n) is 3.40. The highest BCUT2D eigenvalue weighted by Crippen LogP contribution is 2.14. The van der Waals surface area contributed by atoms with E-state index in [-0.39, 0.29) is 30.6 Å². The van der Waals surface area contributed by atoms with E-state index in [1.807, 2.05) is 24.3 Å². The van der Waals surface area contributed by atoms with Crippen LogP contribution in [-0.4, -0.2) is 30.1 Å². The largest absolute Gasteiger partial charge is 0.458 e. The van der Waals surface area contributed by atoms with Crippen LogP contribution in [0.25, 0.3) is 16.0 Å². The number of ether oxygens (including phenoxy) is 1. The van der Waals surface area contributed by atoms with Gasteiger partial charge in [-0.3, -0.25) is 14.4 Å². The molecule has 3 heterocycles. The first-order valence-corrected chi connectivity index (χ1v) is 11.3. The summed E-state index contributed by atoms with van der Waals surface area (Å²) in [6.45, 7) is 4.36. The van der Waals surface area contributed by atoms with Crippen molar-refractivity contribution >= 4 is 33.3 Å². The van der Waals surface area contributed by atoms with E-state index in [1.54, 1.807) is 11.5 Å². The third-order valence-electron chi connectivity index (χ3n) is 4.99. The Kier molecular flexibility index (Phi) is 6.40. The van der Waals surface area contributed by atoms with Crippen molar-refractivity contribution in [2.75, 3.05) is 0 Å². The maximum absolute atomic E-state index is 12.9. The van der Waals surface area contributed by atoms with Gasteiger partial charge in [-0.15, -0.1) is 0 Å². The molecule has 32 heavy (non-hydrogen) atoms. The first-order chi connectivity index (χ1) is 15.5. The second-order valence-corrected chi connectivity index (χ2v) is 8.48. The summed E-state index contributed by atoms with van der Waals surface area (Å²) in [7, 11) is 0. The second kappa shape index (κ2) is 9.39. The molecule has 4 aromatic rings. The second-order valence-electron chi connectivity index (χ2n) is 7.44. The Morgan fingerprint density at radius 2 is 2.00 bits per heavy atom. The molecular weight excluding hydrogens is 430 g/mol. The van der Waals surface area contributed by atoms with Crippen LogP contribution in [-0.2, 0) is 29.1 Å². The number of carbonyl (C=O) groups is 1. The van der Waals surface area contributed by atoms with Crippen LogP contribution in [0.5, 0.6) is 0 Å². The van der Waals surface area contributed by atoms with Crippen molar-refractivity contribution < 1.29 is 9.53 Å². The van der Waals surface area contributed by atoms with E-state index in [4.69, 9.17) is 4.74 Å². The molecule has 9 nitrogen and oxygen atoms in total. The van der Waals surface area contributed by atoms with Gasteiger partial charge in [-0.25, -0.2) is 9.97 Å². The molecule has 10 heteroatoms. The van der Waals surface area contributed by atoms with Crippen LogP contribution < -0.4 is 11.1 Å². The van der Waals surface area contributed by atoms with Gasteiger partial charge in [-0.1, -0.05) is 36.8 Å². The van der Waals surface area contributed by atoms with Crippen LogP contribution in [0.1, 0.15) is 42.6 Å². The molecule has 0 aliphatic carbocycles. The van der Waals surface area contributed by atoms with Crippen molar-refractivity contribution in [2.24, 2.45) is 0 Å². The summed E-state index contributed by atoms with van der Waals surface area (Å²) in [5, 5.41) is 4.62. The Balaban J connectivity index is 1.45. The Bertz CT molecular complexity index is 1410. The number of nitrogens with zero attached hydrogens (tertiary/aromatic N) is 5. The van der Waals surface area contributed by atoms with Crippen molar-refractivity contribution in [3.05, 3.63) is 67.4 Å². The molecule has 166 valence electrons. The number of fused-ring (bicyclic) bond motifs is 2. The molecule has 0 aliphatic heterocycles. The lowest BCUT2D eigenvalue weighted by Gasteiger charge is -2.11. The van der Waals surface area contributed by atoms with Gasteiger partial charge >= 0.3 is 5.97 Å². The van der Waals surface area contributed by atoms with Crippen LogP contribution in [0.2, 0.25) is 0 Å². The molecule has 0 spiro atoms. The van der Waals surface area contributed by atoms with E-state index >= 15 is 0 Å². The lowest BCUT2D eigenvalue weighted by Crippen LogP contribution is -2.26. The van der Waals surface area contributed by atoms with Crippen molar-refractivity contribution in [2.45, 2.75) is 52.7 Å². The van der Waals surface area contributed by atoms with Crippen molar-refractivity contribution in [3.63, 3.8) is 0 Å². The molecule has 0 fully saturated rings. The van der Waals surface area contributed by atoms with Gasteiger partial charge in [0.25, 0.3) is 11.1 Å². The number of hydrogen-bond acceptors (Lipinski definition) is 8. The molecule has 0 amide bonds. The molecule has 0 N–H and O–H groups in total. The number of hydrogen-bond donors (Lipinski definition) is 0. The highest BCUT2D eigenvalue weighted by Gasteiger charge is 2.14. The summed E-state index contributed by atoms with van der Waals surface area (Å²) < 4.78 is 8.23. The molecular formula is C22H23N5O4S. The van der Waals surface area contributed by atoms with E-state index in [9.17, 15) is 14.4 Å². The normalized spacial score (nSPS) is 11.3. The number of aromatic nitrogens is 5. The zero-order chi connectivity index (χ0) is 22.7. The Labute approximate surface area is 187 Å². The van der Waals surface area contributed by atoms with E-state index < -0.39 is 5.97 Å². The summed E-state index contributed by atoms with van der Waals surface area (Å²) >= 11 is 1.19. The average Bonchev–Trinajstić information content (AvgIpc) is 3.19. The highest BCUT2D eigenvalue weighted by molar-refractivity contribution is 7.16. The maximum Gasteiger partial charge on any atom is 0.306 e. The minimum Gasteiger partial charge on any atom is -0.458 e. The van der Waals surface area contributed by atoms with E-state index in [0.717, 1.165) is 23.9 Å². The SMILES string of the molecule is CCCCn1c(=O)c(CCC(=O)OCc2nn3c(=O)cc(C)nc3s2)nc2ccccc21. The van der Waals surface area contributed by atoms with E-state index in [0.29, 0.717) is 27.9 Å². The maximum atomic E-state index is 12.9. The molecule has 0 saturated heterocycles. The third kappa shape index (κ3) is 4.59. The van der Waals surface area contributed by atoms with E-state index in [1.165, 1.54) is 21.9 Å². The van der Waals surface area contributed by atoms with Gasteiger partial charge in [0.1, 0.15) is 12.3 Å². The number of esters is 1. The summed E-state index contributed by atoms with van der Waals surface area (Å²) in [5.41, 5.74) is 2.04. The van der Waals surface area contributed by atoms with Crippen LogP contribution >= 0.6 is 11.3 Å². The number of aryl methyl sites for hydroxylation is 3. The van der Waals surface area contributed by atoms with Gasteiger partial charge in [-0.2, -0.15) is 9.61 Å². The number of benzene rings is 1. The number of carbonyl (C=O) groups excluding carboxylic acids is 1. The lowest BCUT2D eigenvalue weighted by atomic mass is 10.2. The number of rotatable bonds is 8. The molecule has 4 rings (SSSR count). The smallest absolute Gasteiger partial charge is 0.306 e. The summed E-state index contributed by atoms with van der Waals surface area (Å²) in [4.78, 5) is 46.4. The number of para-hydroxylation sites is 2. The first-order valence-electron chi connectivity index (χ1n) is 10.5. The van der Waals surface area contributed by atoms with Gasteiger partial charge in [0, 0.05) is 24.7 Å². The molecule has 0 atom stereocenters. The van der Waals surface area contributed by atoms with Gasteiger partial charge < -0.3 is 9.30 Å². The van der Waals surface area contributed by atoms with Crippen LogP contribution in [0.3, 0.4) is 0 Å². The van der Waals surface area contributed by atoms with Crippen molar-refractivity contribution in [1.82, 2.24) is 24.1 Å². The first kappa shape index (κ1) is 21.8. The van der Waals surface area contributed by atoms with Crippen LogP contribution in [0, 0.1) is 6.92 Å². The van der Waals surface area contributed by atoms with Crippen LogP contribution in [0.4, 0.5) is 0 Å². The fourth-order valence-corrected chi connectivity index (χ4v) is 4.26. The molecule has 0 bridgehead atoms. The topological polar surface area (TPSA) is 108 Å².